The molecule has 1 aromatic heterocycles. The number of hydrogen-bond donors (Lipinski definition) is 3. The molecule has 0 spiro atoms. The van der Waals surface area contributed by atoms with E-state index in [1.807, 2.05) is 0 Å². The van der Waals surface area contributed by atoms with E-state index in [-0.39, 0.29) is 30.6 Å². The van der Waals surface area contributed by atoms with Crippen LogP contribution in [0.5, 0.6) is 5.75 Å². The quantitative estimate of drug-likeness (QED) is 0.518. The number of nitrogens with one attached hydrogen (secondary N) is 3. The van der Waals surface area contributed by atoms with Gasteiger partial charge in [0, 0.05) is 32.4 Å². The van der Waals surface area contributed by atoms with E-state index in [2.05, 4.69) is 26.1 Å². The summed E-state index contributed by atoms with van der Waals surface area (Å²) in [5.74, 6) is 0.719. The fraction of sp³-hybridized carbons (Fsp3) is 0.522. The molecule has 1 aromatic carbocycles. The van der Waals surface area contributed by atoms with Crippen molar-refractivity contribution in [2.75, 3.05) is 17.7 Å². The van der Waals surface area contributed by atoms with Crippen LogP contribution in [0.3, 0.4) is 0 Å². The molecular formula is C23H31N5O5. The number of anilines is 2. The van der Waals surface area contributed by atoms with Gasteiger partial charge >= 0.3 is 0 Å². The van der Waals surface area contributed by atoms with E-state index in [1.165, 1.54) is 21.0 Å². The van der Waals surface area contributed by atoms with E-state index in [0.717, 1.165) is 38.5 Å². The van der Waals surface area contributed by atoms with Crippen molar-refractivity contribution in [2.45, 2.75) is 70.8 Å². The Morgan fingerprint density at radius 2 is 1.79 bits per heavy atom. The lowest BCUT2D eigenvalue weighted by Crippen LogP contribution is -2.45. The first kappa shape index (κ1) is 24.2. The van der Waals surface area contributed by atoms with E-state index >= 15 is 0 Å². The number of carbonyl (C=O) groups is 3. The lowest BCUT2D eigenvalue weighted by atomic mass is 9.89. The Bertz CT molecular complexity index is 995. The molecule has 0 atom stereocenters. The molecule has 178 valence electrons. The van der Waals surface area contributed by atoms with Crippen molar-refractivity contribution < 1.29 is 23.6 Å². The van der Waals surface area contributed by atoms with Gasteiger partial charge in [0.2, 0.25) is 23.6 Å². The molecule has 1 saturated carbocycles. The van der Waals surface area contributed by atoms with Gasteiger partial charge in [0.05, 0.1) is 12.8 Å². The Balaban J connectivity index is 1.63. The second-order valence-electron chi connectivity index (χ2n) is 8.33. The zero-order valence-electron chi connectivity index (χ0n) is 19.3. The Morgan fingerprint density at radius 1 is 1.06 bits per heavy atom. The smallest absolute Gasteiger partial charge is 0.227 e. The van der Waals surface area contributed by atoms with Crippen molar-refractivity contribution in [2.24, 2.45) is 0 Å². The summed E-state index contributed by atoms with van der Waals surface area (Å²) < 4.78 is 10.6. The van der Waals surface area contributed by atoms with E-state index in [0.29, 0.717) is 28.8 Å². The Kier molecular flexibility index (Phi) is 8.02. The van der Waals surface area contributed by atoms with Crippen molar-refractivity contribution in [1.82, 2.24) is 15.5 Å². The molecule has 1 fully saturated rings. The summed E-state index contributed by atoms with van der Waals surface area (Å²) in [5, 5.41) is 12.7. The average molecular weight is 458 g/mol. The maximum Gasteiger partial charge on any atom is 0.227 e. The molecule has 3 amide bonds. The van der Waals surface area contributed by atoms with Crippen molar-refractivity contribution >= 4 is 29.1 Å². The van der Waals surface area contributed by atoms with Crippen LogP contribution in [0.1, 0.15) is 70.5 Å². The molecule has 33 heavy (non-hydrogen) atoms. The number of aryl methyl sites for hydroxylation is 1. The number of amides is 3. The number of carbonyl (C=O) groups excluding carboxylic acids is 3. The fourth-order valence-electron chi connectivity index (χ4n) is 4.14. The molecule has 0 bridgehead atoms. The Morgan fingerprint density at radius 3 is 2.42 bits per heavy atom. The third-order valence-corrected chi connectivity index (χ3v) is 5.63. The van der Waals surface area contributed by atoms with Gasteiger partial charge in [-0.25, -0.2) is 0 Å². The van der Waals surface area contributed by atoms with Crippen LogP contribution in [0.4, 0.5) is 11.4 Å². The number of ether oxygens (including phenoxy) is 1. The normalized spacial score (nSPS) is 15.2. The van der Waals surface area contributed by atoms with Crippen LogP contribution >= 0.6 is 0 Å². The topological polar surface area (TPSA) is 135 Å². The van der Waals surface area contributed by atoms with Crippen molar-refractivity contribution in [1.29, 1.82) is 0 Å². The second-order valence-corrected chi connectivity index (χ2v) is 8.33. The zero-order valence-corrected chi connectivity index (χ0v) is 19.3. The summed E-state index contributed by atoms with van der Waals surface area (Å²) in [7, 11) is 1.50. The molecule has 2 aromatic rings. The van der Waals surface area contributed by atoms with Crippen LogP contribution in [0.15, 0.2) is 22.7 Å². The first-order valence-corrected chi connectivity index (χ1v) is 11.2. The summed E-state index contributed by atoms with van der Waals surface area (Å²) in [6, 6.07) is 4.99. The first-order valence-electron chi connectivity index (χ1n) is 11.2. The Hall–Kier alpha value is -3.43. The van der Waals surface area contributed by atoms with Crippen LogP contribution in [-0.4, -0.2) is 35.0 Å². The van der Waals surface area contributed by atoms with Crippen LogP contribution in [0.25, 0.3) is 0 Å². The standard InChI is InChI=1S/C23H31N5O5/c1-15(29)24-18-14-17(8-9-19(18)32-3)25-20(31)10-11-21-26-22(28-33-21)23(27-16(2)30)12-6-4-5-7-13-23/h8-9,14H,4-7,10-13H2,1-3H3,(H,24,29)(H,25,31)(H,27,30). The van der Waals surface area contributed by atoms with Gasteiger partial charge in [-0.15, -0.1) is 0 Å². The minimum Gasteiger partial charge on any atom is -0.495 e. The van der Waals surface area contributed by atoms with E-state index in [4.69, 9.17) is 9.26 Å². The highest BCUT2D eigenvalue weighted by Crippen LogP contribution is 2.34. The molecule has 0 radical (unpaired) electrons. The summed E-state index contributed by atoms with van der Waals surface area (Å²) >= 11 is 0. The number of hydrogen-bond acceptors (Lipinski definition) is 7. The summed E-state index contributed by atoms with van der Waals surface area (Å²) in [4.78, 5) is 40.2. The van der Waals surface area contributed by atoms with Crippen LogP contribution < -0.4 is 20.7 Å². The largest absolute Gasteiger partial charge is 0.495 e. The number of rotatable bonds is 8. The minimum atomic E-state index is -0.616. The van der Waals surface area contributed by atoms with E-state index in [9.17, 15) is 14.4 Å². The van der Waals surface area contributed by atoms with Gasteiger partial charge in [0.25, 0.3) is 0 Å². The number of nitrogens with zero attached hydrogens (tertiary/aromatic N) is 2. The van der Waals surface area contributed by atoms with Gasteiger partial charge in [0.1, 0.15) is 11.3 Å². The van der Waals surface area contributed by atoms with Crippen molar-refractivity contribution in [3.05, 3.63) is 29.9 Å². The zero-order chi connectivity index (χ0) is 23.8. The number of benzene rings is 1. The summed E-state index contributed by atoms with van der Waals surface area (Å²) in [6.07, 6.45) is 6.12. The third kappa shape index (κ3) is 6.53. The number of aromatic nitrogens is 2. The molecule has 3 N–H and O–H groups in total. The molecule has 1 aliphatic carbocycles. The molecule has 0 saturated heterocycles. The summed E-state index contributed by atoms with van der Waals surface area (Å²) in [6.45, 7) is 2.89. The molecule has 1 heterocycles. The molecule has 3 rings (SSSR count). The van der Waals surface area contributed by atoms with Gasteiger partial charge in [-0.1, -0.05) is 30.8 Å². The molecule has 10 nitrogen and oxygen atoms in total. The predicted molar refractivity (Wildman–Crippen MR) is 122 cm³/mol. The minimum absolute atomic E-state index is 0.124. The first-order chi connectivity index (χ1) is 15.8. The monoisotopic (exact) mass is 457 g/mol. The van der Waals surface area contributed by atoms with Crippen molar-refractivity contribution in [3.8, 4) is 5.75 Å². The SMILES string of the molecule is COc1ccc(NC(=O)CCc2nc(C3(NC(C)=O)CCCCCC3)no2)cc1NC(C)=O. The molecule has 1 aliphatic rings. The van der Waals surface area contributed by atoms with Crippen LogP contribution in [-0.2, 0) is 26.3 Å². The number of methoxy groups -OCH3 is 1. The molecule has 0 aliphatic heterocycles. The lowest BCUT2D eigenvalue weighted by Gasteiger charge is -2.30. The molecule has 0 unspecified atom stereocenters. The second kappa shape index (κ2) is 10.9. The fourth-order valence-corrected chi connectivity index (χ4v) is 4.14. The Labute approximate surface area is 192 Å². The maximum absolute atomic E-state index is 12.5. The predicted octanol–water partition coefficient (Wildman–Crippen LogP) is 3.29. The third-order valence-electron chi connectivity index (χ3n) is 5.63. The summed E-state index contributed by atoms with van der Waals surface area (Å²) in [5.41, 5.74) is 0.380. The van der Waals surface area contributed by atoms with Gasteiger partial charge in [-0.2, -0.15) is 4.98 Å². The van der Waals surface area contributed by atoms with Gasteiger partial charge in [0.15, 0.2) is 5.82 Å². The van der Waals surface area contributed by atoms with E-state index in [1.54, 1.807) is 18.2 Å². The molecular weight excluding hydrogens is 426 g/mol. The molecule has 10 heteroatoms. The maximum atomic E-state index is 12.5. The lowest BCUT2D eigenvalue weighted by molar-refractivity contribution is -0.121. The van der Waals surface area contributed by atoms with Crippen LogP contribution in [0, 0.1) is 0 Å². The highest BCUT2D eigenvalue weighted by atomic mass is 16.5. The van der Waals surface area contributed by atoms with Gasteiger partial charge in [-0.3, -0.25) is 14.4 Å². The van der Waals surface area contributed by atoms with Crippen molar-refractivity contribution in [3.63, 3.8) is 0 Å². The highest BCUT2D eigenvalue weighted by Gasteiger charge is 2.38. The van der Waals surface area contributed by atoms with Crippen LogP contribution in [0.2, 0.25) is 0 Å². The highest BCUT2D eigenvalue weighted by molar-refractivity contribution is 5.94. The van der Waals surface area contributed by atoms with E-state index < -0.39 is 5.54 Å². The average Bonchev–Trinajstić information content (AvgIpc) is 3.12. The van der Waals surface area contributed by atoms with Gasteiger partial charge < -0.3 is 25.2 Å². The van der Waals surface area contributed by atoms with Gasteiger partial charge in [-0.05, 0) is 31.0 Å².